The minimum absolute atomic E-state index is 0.0735. The van der Waals surface area contributed by atoms with E-state index in [0.29, 0.717) is 6.04 Å². The molecule has 0 aromatic carbocycles. The summed E-state index contributed by atoms with van der Waals surface area (Å²) < 4.78 is 5.37. The van der Waals surface area contributed by atoms with Crippen LogP contribution >= 0.6 is 0 Å². The Morgan fingerprint density at radius 1 is 1.33 bits per heavy atom. The topological polar surface area (TPSA) is 24.8 Å². The fraction of sp³-hybridized carbons (Fsp3) is 0.833. The van der Waals surface area contributed by atoms with Gasteiger partial charge in [0.2, 0.25) is 0 Å². The first-order valence-corrected chi connectivity index (χ1v) is 8.49. The van der Waals surface area contributed by atoms with E-state index in [-0.39, 0.29) is 5.41 Å². The van der Waals surface area contributed by atoms with E-state index in [0.717, 1.165) is 19.6 Å². The molecule has 0 aliphatic carbocycles. The molecule has 0 aromatic rings. The Morgan fingerprint density at radius 2 is 2.10 bits per heavy atom. The predicted molar refractivity (Wildman–Crippen MR) is 91.8 cm³/mol. The summed E-state index contributed by atoms with van der Waals surface area (Å²) >= 11 is 0. The Hall–Kier alpha value is -0.830. The summed E-state index contributed by atoms with van der Waals surface area (Å²) in [6, 6.07) is 0.487. The number of ether oxygens (including phenoxy) is 1. The number of allylic oxidation sites excluding steroid dienone is 1. The Labute approximate surface area is 131 Å². The average Bonchev–Trinajstić information content (AvgIpc) is 2.85. The van der Waals surface area contributed by atoms with Gasteiger partial charge in [0.1, 0.15) is 5.84 Å². The molecule has 0 bridgehead atoms. The van der Waals surface area contributed by atoms with Gasteiger partial charge in [-0.05, 0) is 25.7 Å². The molecule has 1 aliphatic rings. The van der Waals surface area contributed by atoms with Crippen molar-refractivity contribution >= 4 is 5.84 Å². The Kier molecular flexibility index (Phi) is 8.02. The molecule has 1 heterocycles. The minimum atomic E-state index is 0.0735. The second-order valence-electron chi connectivity index (χ2n) is 7.03. The molecule has 0 amide bonds. The van der Waals surface area contributed by atoms with Crippen molar-refractivity contribution in [3.05, 3.63) is 12.3 Å². The van der Waals surface area contributed by atoms with Gasteiger partial charge in [-0.1, -0.05) is 46.6 Å². The Morgan fingerprint density at radius 3 is 2.71 bits per heavy atom. The highest BCUT2D eigenvalue weighted by Gasteiger charge is 2.32. The molecule has 21 heavy (non-hydrogen) atoms. The van der Waals surface area contributed by atoms with Gasteiger partial charge in [-0.2, -0.15) is 0 Å². The van der Waals surface area contributed by atoms with Gasteiger partial charge < -0.3 is 9.64 Å². The molecule has 1 rings (SSSR count). The van der Waals surface area contributed by atoms with Gasteiger partial charge in [-0.15, -0.1) is 0 Å². The number of hydrogen-bond acceptors (Lipinski definition) is 2. The minimum Gasteiger partial charge on any atom is -0.383 e. The third kappa shape index (κ3) is 6.21. The summed E-state index contributed by atoms with van der Waals surface area (Å²) in [5, 5.41) is 0. The van der Waals surface area contributed by atoms with Crippen LogP contribution in [0.1, 0.15) is 66.2 Å². The number of hydrogen-bond donors (Lipinski definition) is 0. The molecule has 0 N–H and O–H groups in total. The second kappa shape index (κ2) is 9.24. The predicted octanol–water partition coefficient (Wildman–Crippen LogP) is 4.64. The smallest absolute Gasteiger partial charge is 0.110 e. The van der Waals surface area contributed by atoms with Crippen molar-refractivity contribution in [1.29, 1.82) is 0 Å². The van der Waals surface area contributed by atoms with Gasteiger partial charge in [0.25, 0.3) is 0 Å². The van der Waals surface area contributed by atoms with E-state index in [1.54, 1.807) is 7.11 Å². The van der Waals surface area contributed by atoms with Crippen LogP contribution in [0.4, 0.5) is 0 Å². The lowest BCUT2D eigenvalue weighted by Crippen LogP contribution is -2.44. The van der Waals surface area contributed by atoms with Crippen LogP contribution in [0.5, 0.6) is 0 Å². The van der Waals surface area contributed by atoms with E-state index in [4.69, 9.17) is 9.73 Å². The van der Waals surface area contributed by atoms with E-state index < -0.39 is 0 Å². The molecule has 0 saturated carbocycles. The molecular weight excluding hydrogens is 260 g/mol. The third-order valence-corrected chi connectivity index (χ3v) is 3.96. The SMILES string of the molecule is CCCCC/C=C/N=C(N1CCC[C@H]1COC)C(C)(C)C. The Balaban J connectivity index is 2.71. The van der Waals surface area contributed by atoms with Crippen molar-refractivity contribution in [2.45, 2.75) is 72.3 Å². The molecule has 0 spiro atoms. The molecule has 1 fully saturated rings. The molecule has 0 aromatic heterocycles. The molecule has 0 unspecified atom stereocenters. The monoisotopic (exact) mass is 294 g/mol. The summed E-state index contributed by atoms with van der Waals surface area (Å²) in [7, 11) is 1.79. The second-order valence-corrected chi connectivity index (χ2v) is 7.03. The molecular formula is C18H34N2O. The zero-order valence-corrected chi connectivity index (χ0v) is 14.7. The van der Waals surface area contributed by atoms with Gasteiger partial charge in [-0.25, -0.2) is 4.99 Å². The molecule has 1 atom stereocenters. The van der Waals surface area contributed by atoms with Crippen LogP contribution in [-0.2, 0) is 4.74 Å². The average molecular weight is 294 g/mol. The summed E-state index contributed by atoms with van der Waals surface area (Å²) in [6.07, 6.45) is 11.7. The number of aliphatic imine (C=N–C) groups is 1. The third-order valence-electron chi connectivity index (χ3n) is 3.96. The maximum Gasteiger partial charge on any atom is 0.110 e. The van der Waals surface area contributed by atoms with Crippen molar-refractivity contribution < 1.29 is 4.74 Å². The van der Waals surface area contributed by atoms with Crippen LogP contribution in [0, 0.1) is 5.41 Å². The van der Waals surface area contributed by atoms with Gasteiger partial charge in [0, 0.05) is 25.3 Å². The maximum atomic E-state index is 5.37. The number of unbranched alkanes of at least 4 members (excludes halogenated alkanes) is 3. The zero-order chi connectivity index (χ0) is 15.7. The van der Waals surface area contributed by atoms with Crippen LogP contribution in [0.15, 0.2) is 17.3 Å². The highest BCUT2D eigenvalue weighted by atomic mass is 16.5. The normalized spacial score (nSPS) is 20.7. The van der Waals surface area contributed by atoms with E-state index >= 15 is 0 Å². The van der Waals surface area contributed by atoms with Gasteiger partial charge in [0.15, 0.2) is 0 Å². The standard InChI is InChI=1S/C18H34N2O/c1-6-7-8-9-10-13-19-17(18(2,3)4)20-14-11-12-16(20)15-21-5/h10,13,16H,6-9,11-12,14-15H2,1-5H3/b13-10+,19-17?/t16-/m0/s1. The van der Waals surface area contributed by atoms with Crippen LogP contribution in [0.3, 0.4) is 0 Å². The van der Waals surface area contributed by atoms with Crippen molar-refractivity contribution in [2.24, 2.45) is 10.4 Å². The number of likely N-dealkylation sites (tertiary alicyclic amines) is 1. The molecule has 0 radical (unpaired) electrons. The first kappa shape index (κ1) is 18.2. The zero-order valence-electron chi connectivity index (χ0n) is 14.7. The van der Waals surface area contributed by atoms with E-state index in [1.165, 1.54) is 37.9 Å². The lowest BCUT2D eigenvalue weighted by Gasteiger charge is -2.34. The number of rotatable bonds is 7. The molecule has 3 nitrogen and oxygen atoms in total. The molecule has 122 valence electrons. The quantitative estimate of drug-likeness (QED) is 0.388. The van der Waals surface area contributed by atoms with E-state index in [9.17, 15) is 0 Å². The fourth-order valence-electron chi connectivity index (χ4n) is 2.89. The van der Waals surface area contributed by atoms with Crippen LogP contribution < -0.4 is 0 Å². The molecule has 1 aliphatic heterocycles. The highest BCUT2D eigenvalue weighted by molar-refractivity contribution is 5.88. The van der Waals surface area contributed by atoms with Crippen molar-refractivity contribution in [3.63, 3.8) is 0 Å². The Bertz CT molecular complexity index is 342. The van der Waals surface area contributed by atoms with E-state index in [1.807, 2.05) is 6.20 Å². The molecule has 1 saturated heterocycles. The number of amidine groups is 1. The lowest BCUT2D eigenvalue weighted by molar-refractivity contribution is 0.141. The fourth-order valence-corrected chi connectivity index (χ4v) is 2.89. The van der Waals surface area contributed by atoms with Gasteiger partial charge in [-0.3, -0.25) is 0 Å². The van der Waals surface area contributed by atoms with Gasteiger partial charge in [0.05, 0.1) is 12.6 Å². The highest BCUT2D eigenvalue weighted by Crippen LogP contribution is 2.27. The number of nitrogens with zero attached hydrogens (tertiary/aromatic N) is 2. The maximum absolute atomic E-state index is 5.37. The van der Waals surface area contributed by atoms with Crippen molar-refractivity contribution in [3.8, 4) is 0 Å². The summed E-state index contributed by atoms with van der Waals surface area (Å²) in [5.74, 6) is 1.20. The summed E-state index contributed by atoms with van der Waals surface area (Å²) in [6.45, 7) is 10.9. The molecule has 3 heteroatoms. The first-order valence-electron chi connectivity index (χ1n) is 8.49. The largest absolute Gasteiger partial charge is 0.383 e. The first-order chi connectivity index (χ1) is 10.0. The van der Waals surface area contributed by atoms with Crippen LogP contribution in [0.25, 0.3) is 0 Å². The van der Waals surface area contributed by atoms with Crippen molar-refractivity contribution in [1.82, 2.24) is 4.90 Å². The van der Waals surface area contributed by atoms with Crippen molar-refractivity contribution in [2.75, 3.05) is 20.3 Å². The summed E-state index contributed by atoms with van der Waals surface area (Å²) in [4.78, 5) is 7.27. The summed E-state index contributed by atoms with van der Waals surface area (Å²) in [5.41, 5.74) is 0.0735. The van der Waals surface area contributed by atoms with Gasteiger partial charge >= 0.3 is 0 Å². The van der Waals surface area contributed by atoms with Crippen LogP contribution in [0.2, 0.25) is 0 Å². The lowest BCUT2D eigenvalue weighted by atomic mass is 9.93. The van der Waals surface area contributed by atoms with E-state index in [2.05, 4.69) is 38.7 Å². The number of methoxy groups -OCH3 is 1. The van der Waals surface area contributed by atoms with Crippen LogP contribution in [-0.4, -0.2) is 37.0 Å².